The van der Waals surface area contributed by atoms with Crippen LogP contribution in [0.25, 0.3) is 0 Å². The lowest BCUT2D eigenvalue weighted by Gasteiger charge is -2.39. The number of rotatable bonds is 5. The van der Waals surface area contributed by atoms with Gasteiger partial charge in [0, 0.05) is 31.1 Å². The first-order chi connectivity index (χ1) is 12.8. The standard InChI is InChI=1S/C21H24N2O3/c1-2-25-20-8-4-3-7-19(20)21(24)23-15-9-10-16(23)13-18(12-15)26-17-6-5-11-22-14-17/h3-8,11,14-16,18H,2,9-10,12-13H2,1H3. The van der Waals surface area contributed by atoms with E-state index in [4.69, 9.17) is 9.47 Å². The quantitative estimate of drug-likeness (QED) is 0.823. The van der Waals surface area contributed by atoms with Gasteiger partial charge in [-0.15, -0.1) is 0 Å². The van der Waals surface area contributed by atoms with Crippen LogP contribution in [0.15, 0.2) is 48.8 Å². The van der Waals surface area contributed by atoms with Crippen LogP contribution in [0.2, 0.25) is 0 Å². The Labute approximate surface area is 153 Å². The number of amides is 1. The van der Waals surface area contributed by atoms with Crippen molar-refractivity contribution in [1.82, 2.24) is 9.88 Å². The Morgan fingerprint density at radius 3 is 2.62 bits per heavy atom. The van der Waals surface area contributed by atoms with Crippen molar-refractivity contribution >= 4 is 5.91 Å². The Morgan fingerprint density at radius 1 is 1.15 bits per heavy atom. The minimum atomic E-state index is 0.0846. The summed E-state index contributed by atoms with van der Waals surface area (Å²) in [5.41, 5.74) is 0.665. The average Bonchev–Trinajstić information content (AvgIpc) is 2.93. The van der Waals surface area contributed by atoms with E-state index in [-0.39, 0.29) is 24.1 Å². The lowest BCUT2D eigenvalue weighted by molar-refractivity contribution is 0.0355. The van der Waals surface area contributed by atoms with Gasteiger partial charge < -0.3 is 14.4 Å². The lowest BCUT2D eigenvalue weighted by Crippen LogP contribution is -2.49. The van der Waals surface area contributed by atoms with Crippen LogP contribution >= 0.6 is 0 Å². The number of carbonyl (C=O) groups excluding carboxylic acids is 1. The molecular weight excluding hydrogens is 328 g/mol. The molecule has 0 N–H and O–H groups in total. The van der Waals surface area contributed by atoms with Crippen LogP contribution in [0.5, 0.6) is 11.5 Å². The molecular formula is C21H24N2O3. The SMILES string of the molecule is CCOc1ccccc1C(=O)N1C2CCC1CC(Oc1cccnc1)C2. The summed E-state index contributed by atoms with van der Waals surface area (Å²) in [6, 6.07) is 11.8. The first-order valence-corrected chi connectivity index (χ1v) is 9.37. The third-order valence-corrected chi connectivity index (χ3v) is 5.28. The highest BCUT2D eigenvalue weighted by Crippen LogP contribution is 2.39. The summed E-state index contributed by atoms with van der Waals surface area (Å²) in [6.07, 6.45) is 7.45. The number of hydrogen-bond acceptors (Lipinski definition) is 4. The number of carbonyl (C=O) groups is 1. The molecule has 0 aliphatic carbocycles. The molecule has 2 saturated heterocycles. The predicted molar refractivity (Wildman–Crippen MR) is 98.5 cm³/mol. The van der Waals surface area contributed by atoms with E-state index >= 15 is 0 Å². The van der Waals surface area contributed by atoms with Gasteiger partial charge >= 0.3 is 0 Å². The molecule has 4 rings (SSSR count). The van der Waals surface area contributed by atoms with Crippen molar-refractivity contribution in [2.24, 2.45) is 0 Å². The minimum absolute atomic E-state index is 0.0846. The van der Waals surface area contributed by atoms with Crippen LogP contribution < -0.4 is 9.47 Å². The van der Waals surface area contributed by atoms with Gasteiger partial charge in [-0.1, -0.05) is 12.1 Å². The van der Waals surface area contributed by atoms with Crippen molar-refractivity contribution in [1.29, 1.82) is 0 Å². The Morgan fingerprint density at radius 2 is 1.92 bits per heavy atom. The Kier molecular flexibility index (Phi) is 4.78. The van der Waals surface area contributed by atoms with E-state index in [9.17, 15) is 4.79 Å². The van der Waals surface area contributed by atoms with E-state index in [0.29, 0.717) is 17.9 Å². The molecule has 1 aromatic carbocycles. The largest absolute Gasteiger partial charge is 0.493 e. The van der Waals surface area contributed by atoms with Gasteiger partial charge in [-0.3, -0.25) is 9.78 Å². The topological polar surface area (TPSA) is 51.7 Å². The number of piperidine rings is 1. The highest BCUT2D eigenvalue weighted by Gasteiger charge is 2.44. The second kappa shape index (κ2) is 7.36. The van der Waals surface area contributed by atoms with Gasteiger partial charge in [0.15, 0.2) is 0 Å². The molecule has 2 unspecified atom stereocenters. The highest BCUT2D eigenvalue weighted by molar-refractivity contribution is 5.97. The summed E-state index contributed by atoms with van der Waals surface area (Å²) in [4.78, 5) is 19.4. The Bertz CT molecular complexity index is 751. The maximum absolute atomic E-state index is 13.2. The number of hydrogen-bond donors (Lipinski definition) is 0. The molecule has 3 heterocycles. The van der Waals surface area contributed by atoms with Gasteiger partial charge in [-0.2, -0.15) is 0 Å². The van der Waals surface area contributed by atoms with Crippen molar-refractivity contribution in [2.75, 3.05) is 6.61 Å². The smallest absolute Gasteiger partial charge is 0.258 e. The summed E-state index contributed by atoms with van der Waals surface area (Å²) in [5, 5.41) is 0. The average molecular weight is 352 g/mol. The second-order valence-electron chi connectivity index (χ2n) is 6.93. The number of aromatic nitrogens is 1. The molecule has 0 radical (unpaired) electrons. The second-order valence-corrected chi connectivity index (χ2v) is 6.93. The number of fused-ring (bicyclic) bond motifs is 2. The van der Waals surface area contributed by atoms with Crippen LogP contribution in [-0.2, 0) is 0 Å². The molecule has 1 amide bonds. The van der Waals surface area contributed by atoms with Gasteiger partial charge in [0.1, 0.15) is 17.6 Å². The third-order valence-electron chi connectivity index (χ3n) is 5.28. The number of nitrogens with zero attached hydrogens (tertiary/aromatic N) is 2. The zero-order valence-corrected chi connectivity index (χ0v) is 15.0. The summed E-state index contributed by atoms with van der Waals surface area (Å²) < 4.78 is 11.8. The van der Waals surface area contributed by atoms with Gasteiger partial charge in [0.2, 0.25) is 0 Å². The minimum Gasteiger partial charge on any atom is -0.493 e. The van der Waals surface area contributed by atoms with E-state index in [2.05, 4.69) is 9.88 Å². The first kappa shape index (κ1) is 16.9. The lowest BCUT2D eigenvalue weighted by atomic mass is 9.98. The monoisotopic (exact) mass is 352 g/mol. The van der Waals surface area contributed by atoms with Gasteiger partial charge in [0.05, 0.1) is 18.4 Å². The van der Waals surface area contributed by atoms with Gasteiger partial charge in [0.25, 0.3) is 5.91 Å². The molecule has 5 heteroatoms. The maximum atomic E-state index is 13.2. The molecule has 5 nitrogen and oxygen atoms in total. The van der Waals surface area contributed by atoms with E-state index in [1.165, 1.54) is 0 Å². The third kappa shape index (κ3) is 3.26. The molecule has 2 bridgehead atoms. The molecule has 2 aliphatic heterocycles. The molecule has 0 spiro atoms. The molecule has 2 fully saturated rings. The molecule has 2 atom stereocenters. The van der Waals surface area contributed by atoms with Crippen molar-refractivity contribution in [3.05, 3.63) is 54.4 Å². The van der Waals surface area contributed by atoms with Crippen LogP contribution in [0.4, 0.5) is 0 Å². The van der Waals surface area contributed by atoms with Crippen molar-refractivity contribution in [3.8, 4) is 11.5 Å². The summed E-state index contributed by atoms with van der Waals surface area (Å²) >= 11 is 0. The van der Waals surface area contributed by atoms with E-state index in [0.717, 1.165) is 31.4 Å². The highest BCUT2D eigenvalue weighted by atomic mass is 16.5. The molecule has 2 aliphatic rings. The Hall–Kier alpha value is -2.56. The fourth-order valence-electron chi connectivity index (χ4n) is 4.23. The van der Waals surface area contributed by atoms with Gasteiger partial charge in [-0.05, 0) is 44.0 Å². The van der Waals surface area contributed by atoms with Crippen LogP contribution in [0.1, 0.15) is 43.0 Å². The van der Waals surface area contributed by atoms with Gasteiger partial charge in [-0.25, -0.2) is 0 Å². The van der Waals surface area contributed by atoms with Crippen LogP contribution in [-0.4, -0.2) is 40.6 Å². The molecule has 26 heavy (non-hydrogen) atoms. The summed E-state index contributed by atoms with van der Waals surface area (Å²) in [6.45, 7) is 2.49. The fraction of sp³-hybridized carbons (Fsp3) is 0.429. The van der Waals surface area contributed by atoms with E-state index in [1.54, 1.807) is 12.4 Å². The van der Waals surface area contributed by atoms with Crippen molar-refractivity contribution in [3.63, 3.8) is 0 Å². The van der Waals surface area contributed by atoms with Crippen molar-refractivity contribution < 1.29 is 14.3 Å². The molecule has 2 aromatic rings. The molecule has 0 saturated carbocycles. The van der Waals surface area contributed by atoms with Crippen LogP contribution in [0.3, 0.4) is 0 Å². The number of benzene rings is 1. The van der Waals surface area contributed by atoms with E-state index < -0.39 is 0 Å². The maximum Gasteiger partial charge on any atom is 0.258 e. The number of ether oxygens (including phenoxy) is 2. The fourth-order valence-corrected chi connectivity index (χ4v) is 4.23. The van der Waals surface area contributed by atoms with Crippen LogP contribution in [0, 0.1) is 0 Å². The van der Waals surface area contributed by atoms with Crippen molar-refractivity contribution in [2.45, 2.75) is 50.8 Å². The first-order valence-electron chi connectivity index (χ1n) is 9.37. The normalized spacial score (nSPS) is 24.3. The number of para-hydroxylation sites is 1. The predicted octanol–water partition coefficient (Wildman–Crippen LogP) is 3.69. The Balaban J connectivity index is 1.49. The summed E-state index contributed by atoms with van der Waals surface area (Å²) in [7, 11) is 0. The van der Waals surface area contributed by atoms with E-state index in [1.807, 2.05) is 43.3 Å². The zero-order valence-electron chi connectivity index (χ0n) is 15.0. The zero-order chi connectivity index (χ0) is 17.9. The number of pyridine rings is 1. The summed E-state index contributed by atoms with van der Waals surface area (Å²) in [5.74, 6) is 1.56. The molecule has 1 aromatic heterocycles. The molecule has 136 valence electrons.